The zero-order valence-corrected chi connectivity index (χ0v) is 29.7. The Hall–Kier alpha value is -1.58. The molecule has 0 spiro atoms. The van der Waals surface area contributed by atoms with Gasteiger partial charge in [-0.1, -0.05) is 27.7 Å². The highest BCUT2D eigenvalue weighted by Gasteiger charge is 2.58. The van der Waals surface area contributed by atoms with Crippen molar-refractivity contribution in [2.24, 2.45) is 23.7 Å². The molecule has 46 heavy (non-hydrogen) atoms. The Morgan fingerprint density at radius 1 is 1.04 bits per heavy atom. The van der Waals surface area contributed by atoms with Crippen LogP contribution in [-0.4, -0.2) is 134 Å². The third-order valence-electron chi connectivity index (χ3n) is 10.3. The second-order valence-corrected chi connectivity index (χ2v) is 14.2. The molecule has 14 atom stereocenters. The van der Waals surface area contributed by atoms with Gasteiger partial charge < -0.3 is 48.3 Å². The Morgan fingerprint density at radius 2 is 1.72 bits per heavy atom. The van der Waals surface area contributed by atoms with Crippen LogP contribution in [-0.2, 0) is 38.0 Å². The van der Waals surface area contributed by atoms with Gasteiger partial charge in [-0.2, -0.15) is 0 Å². The van der Waals surface area contributed by atoms with Crippen LogP contribution < -0.4 is 0 Å². The highest BCUT2D eigenvalue weighted by molar-refractivity contribution is 5.73. The minimum Gasteiger partial charge on any atom is -0.458 e. The molecule has 13 nitrogen and oxygen atoms in total. The number of nitrogens with zero attached hydrogens (tertiary/aromatic N) is 2. The molecule has 0 aromatic carbocycles. The Morgan fingerprint density at radius 3 is 2.30 bits per heavy atom. The first-order chi connectivity index (χ1) is 21.6. The molecular formula is C33H60N2O11. The highest BCUT2D eigenvalue weighted by Crippen LogP contribution is 2.39. The first kappa shape index (κ1) is 38.9. The molecule has 3 fully saturated rings. The molecule has 3 saturated heterocycles. The molecule has 3 aliphatic heterocycles. The number of aliphatic hydroxyl groups excluding tert-OH is 2. The lowest BCUT2D eigenvalue weighted by molar-refractivity contribution is -0.285. The summed E-state index contributed by atoms with van der Waals surface area (Å²) in [6, 6.07) is -0.605. The molecule has 0 radical (unpaired) electrons. The normalized spacial score (nSPS) is 43.7. The number of fused-ring (bicyclic) bond motifs is 1. The van der Waals surface area contributed by atoms with Crippen molar-refractivity contribution in [2.75, 3.05) is 41.3 Å². The molecule has 0 amide bonds. The van der Waals surface area contributed by atoms with E-state index in [2.05, 4.69) is 13.8 Å². The van der Waals surface area contributed by atoms with Crippen LogP contribution in [0.25, 0.3) is 0 Å². The smallest absolute Gasteiger partial charge is 0.458 e. The summed E-state index contributed by atoms with van der Waals surface area (Å²) in [5, 5.41) is 21.8. The number of hydrogen-bond acceptors (Lipinski definition) is 13. The van der Waals surface area contributed by atoms with Crippen LogP contribution in [0.4, 0.5) is 4.79 Å². The molecule has 0 saturated carbocycles. The molecule has 3 heterocycles. The maximum absolute atomic E-state index is 13.9. The third-order valence-corrected chi connectivity index (χ3v) is 10.3. The minimum absolute atomic E-state index is 0.0577. The van der Waals surface area contributed by atoms with Gasteiger partial charge in [0.05, 0.1) is 37.0 Å². The van der Waals surface area contributed by atoms with Gasteiger partial charge in [0.1, 0.15) is 19.0 Å². The van der Waals surface area contributed by atoms with Crippen molar-refractivity contribution in [3.8, 4) is 0 Å². The van der Waals surface area contributed by atoms with Gasteiger partial charge in [0.25, 0.3) is 0 Å². The van der Waals surface area contributed by atoms with Crippen LogP contribution >= 0.6 is 0 Å². The summed E-state index contributed by atoms with van der Waals surface area (Å²) < 4.78 is 41.9. The monoisotopic (exact) mass is 660 g/mol. The van der Waals surface area contributed by atoms with Crippen molar-refractivity contribution in [1.29, 1.82) is 0 Å². The summed E-state index contributed by atoms with van der Waals surface area (Å²) >= 11 is 0. The predicted octanol–water partition coefficient (Wildman–Crippen LogP) is 2.99. The van der Waals surface area contributed by atoms with E-state index in [1.807, 2.05) is 51.6 Å². The van der Waals surface area contributed by atoms with E-state index >= 15 is 0 Å². The molecule has 268 valence electrons. The van der Waals surface area contributed by atoms with E-state index in [4.69, 9.17) is 33.2 Å². The number of methoxy groups -OCH3 is 1. The van der Waals surface area contributed by atoms with Crippen molar-refractivity contribution in [3.63, 3.8) is 0 Å². The average molecular weight is 661 g/mol. The fourth-order valence-electron chi connectivity index (χ4n) is 7.75. The van der Waals surface area contributed by atoms with E-state index in [0.717, 1.165) is 0 Å². The fourth-order valence-corrected chi connectivity index (χ4v) is 7.75. The van der Waals surface area contributed by atoms with E-state index in [0.29, 0.717) is 25.8 Å². The first-order valence-corrected chi connectivity index (χ1v) is 16.8. The molecule has 0 aromatic rings. The maximum Gasteiger partial charge on any atom is 0.509 e. The molecular weight excluding hydrogens is 600 g/mol. The number of ether oxygens (including phenoxy) is 7. The van der Waals surface area contributed by atoms with Crippen LogP contribution in [0.15, 0.2) is 0 Å². The molecule has 3 aliphatic rings. The van der Waals surface area contributed by atoms with Gasteiger partial charge in [-0.15, -0.1) is 0 Å². The zero-order valence-electron chi connectivity index (χ0n) is 29.7. The Labute approximate surface area is 275 Å². The Kier molecular flexibility index (Phi) is 14.1. The van der Waals surface area contributed by atoms with Gasteiger partial charge in [0, 0.05) is 25.6 Å². The van der Waals surface area contributed by atoms with Crippen molar-refractivity contribution in [3.05, 3.63) is 0 Å². The Bertz CT molecular complexity index is 987. The quantitative estimate of drug-likeness (QED) is 0.291. The van der Waals surface area contributed by atoms with E-state index in [1.165, 1.54) is 7.11 Å². The highest BCUT2D eigenvalue weighted by atomic mass is 16.8. The van der Waals surface area contributed by atoms with Crippen LogP contribution in [0.5, 0.6) is 0 Å². The van der Waals surface area contributed by atoms with E-state index in [1.54, 1.807) is 13.8 Å². The van der Waals surface area contributed by atoms with Crippen molar-refractivity contribution < 1.29 is 53.0 Å². The van der Waals surface area contributed by atoms with Gasteiger partial charge in [-0.3, -0.25) is 9.69 Å². The van der Waals surface area contributed by atoms with E-state index in [9.17, 15) is 19.8 Å². The fraction of sp³-hybridized carbons (Fsp3) is 0.939. The largest absolute Gasteiger partial charge is 0.509 e. The summed E-state index contributed by atoms with van der Waals surface area (Å²) in [7, 11) is 5.38. The molecule has 13 heteroatoms. The number of carbonyl (C=O) groups is 2. The van der Waals surface area contributed by atoms with Crippen molar-refractivity contribution in [1.82, 2.24) is 9.80 Å². The predicted molar refractivity (Wildman–Crippen MR) is 169 cm³/mol. The first-order valence-electron chi connectivity index (χ1n) is 16.8. The maximum atomic E-state index is 13.9. The molecule has 3 rings (SSSR count). The van der Waals surface area contributed by atoms with Gasteiger partial charge in [-0.05, 0) is 72.9 Å². The molecule has 0 aromatic heterocycles. The average Bonchev–Trinajstić information content (AvgIpc) is 3.31. The third kappa shape index (κ3) is 8.71. The zero-order chi connectivity index (χ0) is 34.5. The number of hydrogen-bond donors (Lipinski definition) is 2. The minimum atomic E-state index is -1.29. The van der Waals surface area contributed by atoms with Crippen LogP contribution in [0, 0.1) is 23.7 Å². The molecule has 2 N–H and O–H groups in total. The number of rotatable bonds is 8. The van der Waals surface area contributed by atoms with Crippen LogP contribution in [0.3, 0.4) is 0 Å². The number of carbonyl (C=O) groups excluding carboxylic acids is 2. The topological polar surface area (TPSA) is 146 Å². The van der Waals surface area contributed by atoms with Crippen molar-refractivity contribution >= 4 is 12.1 Å². The lowest BCUT2D eigenvalue weighted by Gasteiger charge is -2.45. The van der Waals surface area contributed by atoms with Gasteiger partial charge in [-0.25, -0.2) is 4.79 Å². The van der Waals surface area contributed by atoms with E-state index in [-0.39, 0.29) is 43.4 Å². The molecule has 0 bridgehead atoms. The van der Waals surface area contributed by atoms with Gasteiger partial charge in [0.2, 0.25) is 0 Å². The van der Waals surface area contributed by atoms with E-state index < -0.39 is 66.5 Å². The molecule has 0 aliphatic carbocycles. The summed E-state index contributed by atoms with van der Waals surface area (Å²) in [5.74, 6) is -1.69. The standard InChI is InChI=1S/C33H60N2O11/c1-12-25-33(8)29(45-32(39)46-33)23(7)35(16-36)15-18(2)13-19(3)27(21(5)28(41-17-40-11)22(6)30(38)43-25)44-31-26(37)24(34(9)10)14-20(4)42-31/h18-29,31,36-37H,12-17H2,1-11H3/t18-,19+,20-,21-,22-,23-,24+,25-,26-,27+,28+,29-,31+,33-/m1/s1. The van der Waals surface area contributed by atoms with Crippen molar-refractivity contribution in [2.45, 2.75) is 135 Å². The second-order valence-electron chi connectivity index (χ2n) is 14.2. The summed E-state index contributed by atoms with van der Waals surface area (Å²) in [6.07, 6.45) is -3.88. The number of likely N-dealkylation sites (N-methyl/N-ethyl adjacent to an activating group) is 1. The Balaban J connectivity index is 2.06. The summed E-state index contributed by atoms with van der Waals surface area (Å²) in [5.41, 5.74) is -1.29. The summed E-state index contributed by atoms with van der Waals surface area (Å²) in [4.78, 5) is 30.3. The molecule has 0 unspecified atom stereocenters. The number of cyclic esters (lactones) is 1. The lowest BCUT2D eigenvalue weighted by Crippen LogP contribution is -2.58. The SMILES string of the molecule is CC[C@H]1OC(=O)[C@H](C)[C@@H](OCOC)[C@H](C)[C@@H](O[C@@H]2O[C@H](C)C[C@H](N(C)C)[C@H]2O)[C@@H](C)C[C@@H](C)CN(CO)[C@H](C)[C@H]2OC(=O)O[C@@]21C. The number of esters is 1. The number of aliphatic hydroxyl groups is 2. The summed E-state index contributed by atoms with van der Waals surface area (Å²) in [6.45, 7) is 15.5. The van der Waals surface area contributed by atoms with Gasteiger partial charge >= 0.3 is 12.1 Å². The van der Waals surface area contributed by atoms with Gasteiger partial charge in [0.15, 0.2) is 18.0 Å². The second kappa shape index (κ2) is 16.7. The van der Waals surface area contributed by atoms with Crippen LogP contribution in [0.1, 0.15) is 74.7 Å². The van der Waals surface area contributed by atoms with Crippen LogP contribution in [0.2, 0.25) is 0 Å². The lowest BCUT2D eigenvalue weighted by atomic mass is 9.80.